The third-order valence-corrected chi connectivity index (χ3v) is 6.77. The molecule has 5 heteroatoms. The summed E-state index contributed by atoms with van der Waals surface area (Å²) in [6.45, 7) is 2.09. The molecule has 0 saturated carbocycles. The van der Waals surface area contributed by atoms with E-state index >= 15 is 0 Å². The molecule has 0 unspecified atom stereocenters. The lowest BCUT2D eigenvalue weighted by atomic mass is 9.99. The molecule has 0 amide bonds. The van der Waals surface area contributed by atoms with Crippen LogP contribution in [0.15, 0.2) is 61.6 Å². The van der Waals surface area contributed by atoms with Crippen LogP contribution in [0.5, 0.6) is 0 Å². The van der Waals surface area contributed by atoms with Crippen LogP contribution in [0.2, 0.25) is 0 Å². The Morgan fingerprint density at radius 3 is 1.86 bits per heavy atom. The van der Waals surface area contributed by atoms with Crippen molar-refractivity contribution in [1.29, 1.82) is 0 Å². The molecule has 5 rings (SSSR count). The van der Waals surface area contributed by atoms with Gasteiger partial charge in [-0.2, -0.15) is 0 Å². The van der Waals surface area contributed by atoms with Crippen molar-refractivity contribution >= 4 is 53.1 Å². The smallest absolute Gasteiger partial charge is 0.204 e. The summed E-state index contributed by atoms with van der Waals surface area (Å²) >= 11 is 0.966. The fraction of sp³-hybridized carbons (Fsp3) is 0.167. The van der Waals surface area contributed by atoms with E-state index in [1.807, 2.05) is 6.07 Å². The van der Waals surface area contributed by atoms with Gasteiger partial charge in [-0.05, 0) is 30.5 Å². The number of thiophene rings is 1. The first-order valence-electron chi connectivity index (χ1n) is 9.60. The molecule has 5 aromatic rings. The Balaban J connectivity index is 2.02. The molecule has 0 N–H and O–H groups in total. The Hall–Kier alpha value is -3.18. The fourth-order valence-electron chi connectivity index (χ4n) is 4.09. The SMILES string of the molecule is CCCCc1ccc2c(=O)c3sc4c(=O)c5ccccc5c(=O)c4c3c(=O)c2c1. The number of hydrogen-bond donors (Lipinski definition) is 0. The van der Waals surface area contributed by atoms with Crippen molar-refractivity contribution in [1.82, 2.24) is 0 Å². The highest BCUT2D eigenvalue weighted by Gasteiger charge is 2.21. The van der Waals surface area contributed by atoms with E-state index in [9.17, 15) is 19.2 Å². The Kier molecular flexibility index (Phi) is 3.96. The molecule has 29 heavy (non-hydrogen) atoms. The van der Waals surface area contributed by atoms with Gasteiger partial charge >= 0.3 is 0 Å². The Bertz CT molecular complexity index is 1670. The second kappa shape index (κ2) is 6.42. The minimum Gasteiger partial charge on any atom is -0.289 e. The van der Waals surface area contributed by atoms with Gasteiger partial charge in [-0.1, -0.05) is 43.7 Å². The molecule has 0 spiro atoms. The van der Waals surface area contributed by atoms with Crippen molar-refractivity contribution in [2.75, 3.05) is 0 Å². The quantitative estimate of drug-likeness (QED) is 0.459. The summed E-state index contributed by atoms with van der Waals surface area (Å²) in [5.41, 5.74) is -0.305. The van der Waals surface area contributed by atoms with Crippen LogP contribution in [-0.2, 0) is 6.42 Å². The monoisotopic (exact) mass is 400 g/mol. The number of aryl methyl sites for hydroxylation is 1. The van der Waals surface area contributed by atoms with E-state index in [4.69, 9.17) is 0 Å². The van der Waals surface area contributed by atoms with Crippen molar-refractivity contribution in [3.8, 4) is 0 Å². The molecule has 0 aliphatic heterocycles. The molecular weight excluding hydrogens is 384 g/mol. The van der Waals surface area contributed by atoms with Crippen LogP contribution in [0, 0.1) is 0 Å². The molecule has 4 aromatic carbocycles. The highest BCUT2D eigenvalue weighted by molar-refractivity contribution is 7.25. The van der Waals surface area contributed by atoms with Gasteiger partial charge in [0.05, 0.1) is 20.2 Å². The van der Waals surface area contributed by atoms with Gasteiger partial charge in [0.1, 0.15) is 0 Å². The Morgan fingerprint density at radius 2 is 1.24 bits per heavy atom. The maximum atomic E-state index is 13.4. The van der Waals surface area contributed by atoms with Crippen LogP contribution < -0.4 is 21.7 Å². The molecule has 0 bridgehead atoms. The molecule has 0 aliphatic carbocycles. The minimum atomic E-state index is -0.362. The minimum absolute atomic E-state index is 0.0941. The van der Waals surface area contributed by atoms with Gasteiger partial charge < -0.3 is 0 Å². The second-order valence-electron chi connectivity index (χ2n) is 7.36. The van der Waals surface area contributed by atoms with Gasteiger partial charge in [0, 0.05) is 21.5 Å². The molecule has 4 nitrogen and oxygen atoms in total. The highest BCUT2D eigenvalue weighted by atomic mass is 32.1. The third-order valence-electron chi connectivity index (χ3n) is 5.58. The molecule has 0 fully saturated rings. The van der Waals surface area contributed by atoms with Crippen LogP contribution in [0.4, 0.5) is 0 Å². The lowest BCUT2D eigenvalue weighted by Crippen LogP contribution is -2.15. The summed E-state index contributed by atoms with van der Waals surface area (Å²) in [6.07, 6.45) is 2.84. The summed E-state index contributed by atoms with van der Waals surface area (Å²) in [7, 11) is 0. The van der Waals surface area contributed by atoms with Crippen molar-refractivity contribution < 1.29 is 0 Å². The van der Waals surface area contributed by atoms with Crippen molar-refractivity contribution in [3.05, 3.63) is 88.9 Å². The topological polar surface area (TPSA) is 68.3 Å². The van der Waals surface area contributed by atoms with E-state index in [0.29, 0.717) is 16.2 Å². The Morgan fingerprint density at radius 1 is 0.690 bits per heavy atom. The van der Waals surface area contributed by atoms with Gasteiger partial charge in [0.15, 0.2) is 10.9 Å². The zero-order valence-corrected chi connectivity index (χ0v) is 16.5. The first-order valence-corrected chi connectivity index (χ1v) is 10.4. The highest BCUT2D eigenvalue weighted by Crippen LogP contribution is 2.29. The number of fused-ring (bicyclic) bond motifs is 5. The average Bonchev–Trinajstić information content (AvgIpc) is 3.16. The summed E-state index contributed by atoms with van der Waals surface area (Å²) in [6, 6.07) is 11.9. The van der Waals surface area contributed by atoms with E-state index in [0.717, 1.165) is 36.2 Å². The maximum absolute atomic E-state index is 13.4. The largest absolute Gasteiger partial charge is 0.289 e. The molecule has 0 saturated heterocycles. The number of hydrogen-bond acceptors (Lipinski definition) is 5. The third kappa shape index (κ3) is 2.44. The second-order valence-corrected chi connectivity index (χ2v) is 8.38. The fourth-order valence-corrected chi connectivity index (χ4v) is 5.29. The molecule has 0 radical (unpaired) electrons. The van der Waals surface area contributed by atoms with Crippen LogP contribution in [-0.4, -0.2) is 0 Å². The standard InChI is InChI=1S/C24H16O4S/c1-2-3-6-12-9-10-15-16(11-12)20(26)18-17-19(25)13-7-4-5-8-14(13)21(27)23(17)29-24(18)22(15)28/h4-5,7-11H,2-3,6H2,1H3. The van der Waals surface area contributed by atoms with E-state index in [1.165, 1.54) is 0 Å². The van der Waals surface area contributed by atoms with E-state index in [2.05, 4.69) is 6.92 Å². The van der Waals surface area contributed by atoms with Gasteiger partial charge in [-0.3, -0.25) is 19.2 Å². The summed E-state index contributed by atoms with van der Waals surface area (Å²) in [5, 5.41) is 1.48. The number of rotatable bonds is 3. The summed E-state index contributed by atoms with van der Waals surface area (Å²) < 4.78 is 0.391. The predicted octanol–water partition coefficient (Wildman–Crippen LogP) is 4.02. The zero-order valence-electron chi connectivity index (χ0n) is 15.7. The van der Waals surface area contributed by atoms with Crippen LogP contribution >= 0.6 is 11.3 Å². The maximum Gasteiger partial charge on any atom is 0.204 e. The summed E-state index contributed by atoms with van der Waals surface area (Å²) in [5.74, 6) is 0. The molecule has 1 heterocycles. The van der Waals surface area contributed by atoms with Crippen molar-refractivity contribution in [3.63, 3.8) is 0 Å². The Labute approximate surface area is 168 Å². The first kappa shape index (κ1) is 17.9. The lowest BCUT2D eigenvalue weighted by molar-refractivity contribution is 0.796. The number of benzene rings is 4. The van der Waals surface area contributed by atoms with E-state index in [-0.39, 0.29) is 47.3 Å². The average molecular weight is 400 g/mol. The number of unbranched alkanes of at least 4 members (excludes halogenated alkanes) is 1. The van der Waals surface area contributed by atoms with E-state index in [1.54, 1.807) is 36.4 Å². The van der Waals surface area contributed by atoms with Crippen LogP contribution in [0.3, 0.4) is 0 Å². The predicted molar refractivity (Wildman–Crippen MR) is 120 cm³/mol. The first-order chi connectivity index (χ1) is 14.0. The lowest BCUT2D eigenvalue weighted by Gasteiger charge is -2.03. The molecule has 142 valence electrons. The van der Waals surface area contributed by atoms with Crippen molar-refractivity contribution in [2.45, 2.75) is 26.2 Å². The molecular formula is C24H16O4S. The van der Waals surface area contributed by atoms with E-state index < -0.39 is 0 Å². The normalized spacial score (nSPS) is 11.9. The van der Waals surface area contributed by atoms with Gasteiger partial charge in [0.2, 0.25) is 10.9 Å². The molecule has 0 aliphatic rings. The van der Waals surface area contributed by atoms with Gasteiger partial charge in [0.25, 0.3) is 0 Å². The zero-order chi connectivity index (χ0) is 20.3. The molecule has 0 atom stereocenters. The van der Waals surface area contributed by atoms with Crippen molar-refractivity contribution in [2.24, 2.45) is 0 Å². The van der Waals surface area contributed by atoms with Gasteiger partial charge in [-0.15, -0.1) is 11.3 Å². The van der Waals surface area contributed by atoms with Gasteiger partial charge in [-0.25, -0.2) is 0 Å². The summed E-state index contributed by atoms with van der Waals surface area (Å²) in [4.78, 5) is 52.6. The van der Waals surface area contributed by atoms with Crippen LogP contribution in [0.25, 0.3) is 41.7 Å². The molecule has 1 aromatic heterocycles. The van der Waals surface area contributed by atoms with Crippen LogP contribution in [0.1, 0.15) is 25.3 Å².